The molecule has 23 heavy (non-hydrogen) atoms. The fourth-order valence-electron chi connectivity index (χ4n) is 2.33. The van der Waals surface area contributed by atoms with Gasteiger partial charge >= 0.3 is 0 Å². The number of amides is 1. The molecule has 1 aliphatic heterocycles. The van der Waals surface area contributed by atoms with E-state index in [2.05, 4.69) is 4.99 Å². The van der Waals surface area contributed by atoms with Crippen molar-refractivity contribution in [3.8, 4) is 5.75 Å². The molecule has 1 aromatic carbocycles. The molecule has 0 bridgehead atoms. The van der Waals surface area contributed by atoms with Gasteiger partial charge in [0.2, 0.25) is 0 Å². The molecule has 0 saturated heterocycles. The molecule has 1 aromatic rings. The van der Waals surface area contributed by atoms with Gasteiger partial charge in [0.1, 0.15) is 11.6 Å². The van der Waals surface area contributed by atoms with Crippen LogP contribution in [0.3, 0.4) is 0 Å². The van der Waals surface area contributed by atoms with Crippen molar-refractivity contribution >= 4 is 11.6 Å². The third-order valence-corrected chi connectivity index (χ3v) is 3.55. The maximum atomic E-state index is 13.9. The lowest BCUT2D eigenvalue weighted by Crippen LogP contribution is -2.35. The van der Waals surface area contributed by atoms with E-state index in [1.807, 2.05) is 13.8 Å². The number of phenols is 1. The van der Waals surface area contributed by atoms with Crippen LogP contribution in [0.25, 0.3) is 0 Å². The lowest BCUT2D eigenvalue weighted by atomic mass is 10.1. The van der Waals surface area contributed by atoms with Crippen LogP contribution < -0.4 is 0 Å². The minimum absolute atomic E-state index is 0.119. The summed E-state index contributed by atoms with van der Waals surface area (Å²) in [5.41, 5.74) is 1.76. The van der Waals surface area contributed by atoms with Crippen LogP contribution in [0, 0.1) is 5.82 Å². The number of hydrogen-bond donors (Lipinski definition) is 1. The lowest BCUT2D eigenvalue weighted by Gasteiger charge is -2.23. The summed E-state index contributed by atoms with van der Waals surface area (Å²) in [5.74, 6) is -0.842. The van der Waals surface area contributed by atoms with E-state index in [1.54, 1.807) is 11.0 Å². The van der Waals surface area contributed by atoms with E-state index in [0.717, 1.165) is 11.8 Å². The number of halogens is 1. The van der Waals surface area contributed by atoms with Crippen molar-refractivity contribution < 1.29 is 19.0 Å². The Hall–Kier alpha value is -2.21. The molecule has 0 radical (unpaired) electrons. The van der Waals surface area contributed by atoms with Crippen LogP contribution in [0.2, 0.25) is 0 Å². The Kier molecular flexibility index (Phi) is 5.87. The molecular weight excluding hydrogens is 299 g/mol. The molecule has 0 spiro atoms. The van der Waals surface area contributed by atoms with E-state index >= 15 is 0 Å². The van der Waals surface area contributed by atoms with Gasteiger partial charge in [-0.1, -0.05) is 6.07 Å². The molecule has 1 N–H and O–H groups in total. The third kappa shape index (κ3) is 4.63. The van der Waals surface area contributed by atoms with Gasteiger partial charge in [0.25, 0.3) is 5.91 Å². The van der Waals surface area contributed by atoms with Crippen molar-refractivity contribution in [2.75, 3.05) is 26.3 Å². The number of benzene rings is 1. The lowest BCUT2D eigenvalue weighted by molar-refractivity contribution is -0.128. The Morgan fingerprint density at radius 3 is 2.87 bits per heavy atom. The van der Waals surface area contributed by atoms with Crippen molar-refractivity contribution in [1.82, 2.24) is 4.90 Å². The summed E-state index contributed by atoms with van der Waals surface area (Å²) < 4.78 is 19.2. The zero-order valence-electron chi connectivity index (χ0n) is 13.4. The van der Waals surface area contributed by atoms with E-state index in [0.29, 0.717) is 37.4 Å². The second-order valence-electron chi connectivity index (χ2n) is 5.33. The van der Waals surface area contributed by atoms with Gasteiger partial charge in [-0.15, -0.1) is 0 Å². The van der Waals surface area contributed by atoms with Crippen LogP contribution in [0.5, 0.6) is 5.75 Å². The standard InChI is InChI=1S/C17H21FN2O3/c1-3-23-7-6-20(17(22)14-8-12(2)19-10-14)11-13-4-5-15(21)9-16(13)18/h4-5,8-9,21H,3,6-7,10-11H2,1-2H3. The van der Waals surface area contributed by atoms with Crippen LogP contribution in [-0.2, 0) is 16.1 Å². The van der Waals surface area contributed by atoms with Crippen LogP contribution in [-0.4, -0.2) is 47.9 Å². The number of carbonyl (C=O) groups excluding carboxylic acids is 1. The highest BCUT2D eigenvalue weighted by Gasteiger charge is 2.21. The summed E-state index contributed by atoms with van der Waals surface area (Å²) in [5, 5.41) is 9.29. The number of ether oxygens (including phenoxy) is 1. The summed E-state index contributed by atoms with van der Waals surface area (Å²) in [6.07, 6.45) is 1.75. The van der Waals surface area contributed by atoms with Gasteiger partial charge in [0.05, 0.1) is 13.2 Å². The SMILES string of the molecule is CCOCCN(Cc1ccc(O)cc1F)C(=O)C1=CC(C)=NC1. The Labute approximate surface area is 135 Å². The monoisotopic (exact) mass is 320 g/mol. The van der Waals surface area contributed by atoms with Crippen molar-refractivity contribution in [1.29, 1.82) is 0 Å². The van der Waals surface area contributed by atoms with Gasteiger partial charge in [-0.05, 0) is 26.0 Å². The van der Waals surface area contributed by atoms with E-state index in [9.17, 15) is 14.3 Å². The third-order valence-electron chi connectivity index (χ3n) is 3.55. The predicted octanol–water partition coefficient (Wildman–Crippen LogP) is 2.30. The number of aromatic hydroxyl groups is 1. The second kappa shape index (κ2) is 7.87. The summed E-state index contributed by atoms with van der Waals surface area (Å²) in [6.45, 7) is 5.49. The zero-order valence-corrected chi connectivity index (χ0v) is 13.4. The van der Waals surface area contributed by atoms with Crippen molar-refractivity contribution in [2.24, 2.45) is 4.99 Å². The summed E-state index contributed by atoms with van der Waals surface area (Å²) >= 11 is 0. The maximum absolute atomic E-state index is 13.9. The average molecular weight is 320 g/mol. The Morgan fingerprint density at radius 2 is 2.26 bits per heavy atom. The van der Waals surface area contributed by atoms with Gasteiger partial charge < -0.3 is 14.7 Å². The molecule has 0 aliphatic carbocycles. The highest BCUT2D eigenvalue weighted by Crippen LogP contribution is 2.18. The van der Waals surface area contributed by atoms with Gasteiger partial charge in [0.15, 0.2) is 0 Å². The highest BCUT2D eigenvalue weighted by atomic mass is 19.1. The topological polar surface area (TPSA) is 62.1 Å². The molecule has 124 valence electrons. The number of hydrogen-bond acceptors (Lipinski definition) is 4. The van der Waals surface area contributed by atoms with E-state index in [-0.39, 0.29) is 18.2 Å². The van der Waals surface area contributed by atoms with Gasteiger partial charge in [0, 0.05) is 42.6 Å². The van der Waals surface area contributed by atoms with E-state index < -0.39 is 5.82 Å². The van der Waals surface area contributed by atoms with Crippen LogP contribution in [0.4, 0.5) is 4.39 Å². The first-order chi connectivity index (χ1) is 11.0. The minimum Gasteiger partial charge on any atom is -0.508 e. The molecule has 0 unspecified atom stereocenters. The van der Waals surface area contributed by atoms with Gasteiger partial charge in [-0.25, -0.2) is 4.39 Å². The first-order valence-corrected chi connectivity index (χ1v) is 7.57. The molecular formula is C17H21FN2O3. The zero-order chi connectivity index (χ0) is 16.8. The van der Waals surface area contributed by atoms with Crippen molar-refractivity contribution in [2.45, 2.75) is 20.4 Å². The Balaban J connectivity index is 2.13. The normalized spacial score (nSPS) is 13.7. The molecule has 1 aliphatic rings. The quantitative estimate of drug-likeness (QED) is 0.784. The number of carbonyl (C=O) groups is 1. The van der Waals surface area contributed by atoms with Gasteiger partial charge in [-0.2, -0.15) is 0 Å². The van der Waals surface area contributed by atoms with Gasteiger partial charge in [-0.3, -0.25) is 9.79 Å². The molecule has 1 amide bonds. The number of allylic oxidation sites excluding steroid dienone is 1. The van der Waals surface area contributed by atoms with E-state index in [4.69, 9.17) is 4.74 Å². The largest absolute Gasteiger partial charge is 0.508 e. The number of phenolic OH excluding ortho intramolecular Hbond substituents is 1. The second-order valence-corrected chi connectivity index (χ2v) is 5.33. The molecule has 6 heteroatoms. The Bertz CT molecular complexity index is 641. The fourth-order valence-corrected chi connectivity index (χ4v) is 2.33. The Morgan fingerprint density at radius 1 is 1.48 bits per heavy atom. The average Bonchev–Trinajstić information content (AvgIpc) is 2.94. The first kappa shape index (κ1) is 17.1. The van der Waals surface area contributed by atoms with Crippen molar-refractivity contribution in [3.63, 3.8) is 0 Å². The maximum Gasteiger partial charge on any atom is 0.252 e. The molecule has 0 fully saturated rings. The van der Waals surface area contributed by atoms with Crippen LogP contribution in [0.1, 0.15) is 19.4 Å². The van der Waals surface area contributed by atoms with Crippen molar-refractivity contribution in [3.05, 3.63) is 41.2 Å². The number of aliphatic imine (C=N–C) groups is 1. The highest BCUT2D eigenvalue weighted by molar-refractivity contribution is 6.06. The fraction of sp³-hybridized carbons (Fsp3) is 0.412. The summed E-state index contributed by atoms with van der Waals surface area (Å²) in [6, 6.07) is 3.94. The molecule has 0 saturated carbocycles. The van der Waals surface area contributed by atoms with Crippen LogP contribution in [0.15, 0.2) is 34.8 Å². The molecule has 1 heterocycles. The van der Waals surface area contributed by atoms with E-state index in [1.165, 1.54) is 12.1 Å². The predicted molar refractivity (Wildman–Crippen MR) is 86.0 cm³/mol. The molecule has 2 rings (SSSR count). The van der Waals surface area contributed by atoms with Crippen LogP contribution >= 0.6 is 0 Å². The first-order valence-electron chi connectivity index (χ1n) is 7.57. The minimum atomic E-state index is -0.535. The summed E-state index contributed by atoms with van der Waals surface area (Å²) in [7, 11) is 0. The molecule has 0 aromatic heterocycles. The molecule has 5 nitrogen and oxygen atoms in total. The molecule has 0 atom stereocenters. The number of rotatable bonds is 7. The summed E-state index contributed by atoms with van der Waals surface area (Å²) in [4.78, 5) is 18.4. The number of nitrogens with zero attached hydrogens (tertiary/aromatic N) is 2. The smallest absolute Gasteiger partial charge is 0.252 e.